The fourth-order valence-electron chi connectivity index (χ4n) is 7.78. The molecule has 0 aliphatic carbocycles. The second-order valence-corrected chi connectivity index (χ2v) is 16.8. The zero-order valence-corrected chi connectivity index (χ0v) is 31.7. The van der Waals surface area contributed by atoms with Crippen molar-refractivity contribution in [2.45, 2.75) is 24.0 Å². The highest BCUT2D eigenvalue weighted by atomic mass is 32.2. The number of fused-ring (bicyclic) bond motifs is 6. The second-order valence-electron chi connectivity index (χ2n) is 14.3. The Bertz CT molecular complexity index is 2960. The molecule has 55 heavy (non-hydrogen) atoms. The molecule has 264 valence electrons. The fraction of sp³-hybridized carbons (Fsp3) is 0.0816. The van der Waals surface area contributed by atoms with Crippen molar-refractivity contribution in [2.75, 3.05) is 6.26 Å². The summed E-state index contributed by atoms with van der Waals surface area (Å²) < 4.78 is 4.58. The van der Waals surface area contributed by atoms with Gasteiger partial charge in [-0.2, -0.15) is 9.97 Å². The van der Waals surface area contributed by atoms with Crippen molar-refractivity contribution in [3.8, 4) is 45.5 Å². The number of aromatic nitrogens is 5. The summed E-state index contributed by atoms with van der Waals surface area (Å²) in [5, 5.41) is 5.41. The summed E-state index contributed by atoms with van der Waals surface area (Å²) in [5.41, 5.74) is 9.91. The molecule has 7 aromatic carbocycles. The third-order valence-corrected chi connectivity index (χ3v) is 13.2. The summed E-state index contributed by atoms with van der Waals surface area (Å²) in [6.07, 6.45) is 2.34. The maximum absolute atomic E-state index is 5.10. The van der Waals surface area contributed by atoms with E-state index in [2.05, 4.69) is 138 Å². The van der Waals surface area contributed by atoms with E-state index in [1.54, 1.807) is 0 Å². The summed E-state index contributed by atoms with van der Waals surface area (Å²) in [5.74, 6) is 1.87. The topological polar surface area (TPSA) is 48.5 Å². The number of para-hydroxylation sites is 2. The van der Waals surface area contributed by atoms with Crippen LogP contribution in [0.2, 0.25) is 0 Å². The summed E-state index contributed by atoms with van der Waals surface area (Å²) >= 11 is 0. The fourth-order valence-corrected chi connectivity index (χ4v) is 8.89. The van der Waals surface area contributed by atoms with Crippen LogP contribution in [0.4, 0.5) is 0 Å². The highest BCUT2D eigenvalue weighted by Gasteiger charge is 2.21. The molecule has 0 bridgehead atoms. The van der Waals surface area contributed by atoms with Gasteiger partial charge in [-0.05, 0) is 85.6 Å². The summed E-state index contributed by atoms with van der Waals surface area (Å²) in [7, 11) is 0.214. The maximum atomic E-state index is 5.10. The van der Waals surface area contributed by atoms with Gasteiger partial charge in [0.1, 0.15) is 11.5 Å². The van der Waals surface area contributed by atoms with Gasteiger partial charge < -0.3 is 4.57 Å². The molecule has 0 saturated carbocycles. The van der Waals surface area contributed by atoms with E-state index >= 15 is 0 Å². The first kappa shape index (κ1) is 33.1. The van der Waals surface area contributed by atoms with E-state index in [9.17, 15) is 0 Å². The van der Waals surface area contributed by atoms with Gasteiger partial charge in [-0.15, -0.1) is 0 Å². The van der Waals surface area contributed by atoms with Crippen LogP contribution in [0.15, 0.2) is 175 Å². The molecule has 10 rings (SSSR count). The van der Waals surface area contributed by atoms with E-state index in [1.807, 2.05) is 60.7 Å². The number of rotatable bonds is 7. The van der Waals surface area contributed by atoms with Gasteiger partial charge >= 0.3 is 0 Å². The molecule has 6 heteroatoms. The highest BCUT2D eigenvalue weighted by Crippen LogP contribution is 2.38. The first-order valence-corrected chi connectivity index (χ1v) is 20.4. The summed E-state index contributed by atoms with van der Waals surface area (Å²) in [4.78, 5) is 16.6. The first-order chi connectivity index (χ1) is 27.0. The lowest BCUT2D eigenvalue weighted by Crippen LogP contribution is -2.12. The normalized spacial score (nSPS) is 12.4. The number of benzene rings is 7. The average molecular weight is 729 g/mol. The van der Waals surface area contributed by atoms with E-state index in [1.165, 1.54) is 38.0 Å². The van der Waals surface area contributed by atoms with E-state index < -0.39 is 0 Å². The van der Waals surface area contributed by atoms with Crippen LogP contribution in [0, 0.1) is 0 Å². The van der Waals surface area contributed by atoms with Gasteiger partial charge in [0.25, 0.3) is 0 Å². The van der Waals surface area contributed by atoms with Crippen LogP contribution in [0.3, 0.4) is 0 Å². The van der Waals surface area contributed by atoms with Crippen LogP contribution in [-0.4, -0.2) is 35.6 Å². The molecule has 0 radical (unpaired) electrons. The van der Waals surface area contributed by atoms with Crippen molar-refractivity contribution in [2.24, 2.45) is 0 Å². The van der Waals surface area contributed by atoms with Gasteiger partial charge in [0, 0.05) is 49.3 Å². The van der Waals surface area contributed by atoms with Crippen molar-refractivity contribution in [1.29, 1.82) is 0 Å². The molecule has 10 aromatic rings. The van der Waals surface area contributed by atoms with Gasteiger partial charge in [0.05, 0.1) is 22.1 Å². The van der Waals surface area contributed by atoms with E-state index in [0.717, 1.165) is 38.5 Å². The second kappa shape index (κ2) is 13.4. The van der Waals surface area contributed by atoms with Gasteiger partial charge in [0.15, 0.2) is 16.5 Å². The third-order valence-electron chi connectivity index (χ3n) is 10.7. The number of nitrogens with zero attached hydrogens (tertiary/aromatic N) is 5. The van der Waals surface area contributed by atoms with E-state index in [4.69, 9.17) is 15.0 Å². The molecule has 0 spiro atoms. The van der Waals surface area contributed by atoms with Crippen molar-refractivity contribution < 1.29 is 0 Å². The predicted octanol–water partition coefficient (Wildman–Crippen LogP) is 12.1. The lowest BCUT2D eigenvalue weighted by molar-refractivity contribution is 0.953. The van der Waals surface area contributed by atoms with Crippen molar-refractivity contribution in [3.63, 3.8) is 0 Å². The maximum Gasteiger partial charge on any atom is 0.238 e. The molecule has 0 saturated heterocycles. The van der Waals surface area contributed by atoms with Crippen LogP contribution in [0.5, 0.6) is 0 Å². The van der Waals surface area contributed by atoms with Crippen LogP contribution in [-0.2, 0) is 10.9 Å². The minimum absolute atomic E-state index is 0.214. The highest BCUT2D eigenvalue weighted by molar-refractivity contribution is 7.96. The Morgan fingerprint density at radius 3 is 1.40 bits per heavy atom. The molecule has 1 unspecified atom stereocenters. The van der Waals surface area contributed by atoms with Crippen molar-refractivity contribution in [1.82, 2.24) is 24.1 Å². The average Bonchev–Trinajstić information content (AvgIpc) is 3.76. The molecular weight excluding hydrogens is 691 g/mol. The van der Waals surface area contributed by atoms with Crippen LogP contribution in [0.1, 0.15) is 13.8 Å². The van der Waals surface area contributed by atoms with Gasteiger partial charge in [-0.25, -0.2) is 4.98 Å². The largest absolute Gasteiger partial charge is 0.309 e. The molecule has 3 aromatic heterocycles. The molecule has 0 N–H and O–H groups in total. The summed E-state index contributed by atoms with van der Waals surface area (Å²) in [6.45, 7) is 4.60. The molecule has 5 nitrogen and oxygen atoms in total. The SMILES string of the molecule is CC(C)[S+](C)c1ccc(-n2c3ccccc3c3cc(-c4ccc5c(c4)c4ccccc4n5-c4nc(-c5ccccc5)nc(-c5ccccc5)n4)ccc32)cc1. The van der Waals surface area contributed by atoms with Crippen LogP contribution >= 0.6 is 0 Å². The smallest absolute Gasteiger partial charge is 0.238 e. The zero-order valence-electron chi connectivity index (χ0n) is 30.9. The van der Waals surface area contributed by atoms with E-state index in [-0.39, 0.29) is 10.9 Å². The monoisotopic (exact) mass is 728 g/mol. The lowest BCUT2D eigenvalue weighted by Gasteiger charge is -2.11. The van der Waals surface area contributed by atoms with Gasteiger partial charge in [-0.3, -0.25) is 4.57 Å². The standard InChI is InChI=1S/C49H38N5S/c1-32(2)55(3)38-26-24-37(25-27-38)53-43-20-12-10-18-39(43)41-30-35(22-28-45(41)53)36-23-29-46-42(31-36)40-19-11-13-21-44(40)54(46)49-51-47(33-14-6-4-7-15-33)50-48(52-49)34-16-8-5-9-17-34/h4-32H,1-3H3/q+1. The van der Waals surface area contributed by atoms with Gasteiger partial charge in [0.2, 0.25) is 5.95 Å². The number of hydrogen-bond acceptors (Lipinski definition) is 3. The van der Waals surface area contributed by atoms with Crippen molar-refractivity contribution in [3.05, 3.63) is 170 Å². The molecule has 0 aliphatic rings. The molecular formula is C49H38N5S+. The number of hydrogen-bond donors (Lipinski definition) is 0. The Morgan fingerprint density at radius 1 is 0.418 bits per heavy atom. The minimum Gasteiger partial charge on any atom is -0.309 e. The third kappa shape index (κ3) is 5.69. The Hall–Kier alpha value is -6.50. The molecule has 0 aliphatic heterocycles. The Balaban J connectivity index is 1.12. The molecule has 3 heterocycles. The lowest BCUT2D eigenvalue weighted by atomic mass is 10.0. The van der Waals surface area contributed by atoms with Crippen LogP contribution < -0.4 is 0 Å². The quantitative estimate of drug-likeness (QED) is 0.154. The molecule has 0 fully saturated rings. The predicted molar refractivity (Wildman–Crippen MR) is 232 cm³/mol. The van der Waals surface area contributed by atoms with Gasteiger partial charge in [-0.1, -0.05) is 109 Å². The first-order valence-electron chi connectivity index (χ1n) is 18.7. The van der Waals surface area contributed by atoms with E-state index in [0.29, 0.717) is 22.8 Å². The Labute approximate surface area is 322 Å². The molecule has 0 amide bonds. The Morgan fingerprint density at radius 2 is 0.873 bits per heavy atom. The minimum atomic E-state index is 0.214. The van der Waals surface area contributed by atoms with Crippen molar-refractivity contribution >= 4 is 54.5 Å². The molecule has 1 atom stereocenters. The zero-order chi connectivity index (χ0) is 37.0. The summed E-state index contributed by atoms with van der Waals surface area (Å²) in [6, 6.07) is 60.4. The Kier molecular flexibility index (Phi) is 8.07. The van der Waals surface area contributed by atoms with Crippen LogP contribution in [0.25, 0.3) is 89.2 Å².